The highest BCUT2D eigenvalue weighted by Gasteiger charge is 2.37. The van der Waals surface area contributed by atoms with Crippen molar-refractivity contribution in [3.8, 4) is 17.4 Å². The number of nitrogens with one attached hydrogen (secondary N) is 2. The van der Waals surface area contributed by atoms with Gasteiger partial charge in [0.1, 0.15) is 23.7 Å². The molecule has 1 amide bonds. The number of halogens is 1. The molecule has 35 heavy (non-hydrogen) atoms. The number of pyridine rings is 1. The number of carbonyl (C=O) groups excluding carboxylic acids is 1. The van der Waals surface area contributed by atoms with E-state index in [1.807, 2.05) is 24.3 Å². The average molecular weight is 501 g/mol. The molecule has 3 aromatic rings. The first kappa shape index (κ1) is 24.3. The summed E-state index contributed by atoms with van der Waals surface area (Å²) in [7, 11) is -4.24. The Morgan fingerprint density at radius 1 is 1.17 bits per heavy atom. The number of ether oxygens (including phenoxy) is 1. The van der Waals surface area contributed by atoms with Gasteiger partial charge < -0.3 is 15.2 Å². The van der Waals surface area contributed by atoms with E-state index in [9.17, 15) is 22.7 Å². The third kappa shape index (κ3) is 5.46. The van der Waals surface area contributed by atoms with E-state index in [-0.39, 0.29) is 12.0 Å². The van der Waals surface area contributed by atoms with Crippen LogP contribution in [0, 0.1) is 5.82 Å². The molecule has 1 aliphatic rings. The topological polar surface area (TPSA) is 121 Å². The van der Waals surface area contributed by atoms with Crippen LogP contribution < -0.4 is 19.1 Å². The molecule has 2 aromatic carbocycles. The molecule has 3 N–H and O–H groups in total. The molecule has 0 spiro atoms. The summed E-state index contributed by atoms with van der Waals surface area (Å²) >= 11 is 0. The summed E-state index contributed by atoms with van der Waals surface area (Å²) in [4.78, 5) is 15.7. The van der Waals surface area contributed by atoms with E-state index >= 15 is 0 Å². The molecule has 0 unspecified atom stereocenters. The Balaban J connectivity index is 1.40. The standard InChI is InChI=1S/C24H25FN4O5S/c1-24(2,3)16-4-7-18(8-5-16)34-22-9-6-17(13-27-22)26-12-15-10-19(25)23(20(30)11-15)29-14-21(31)28-35(29,32)33/h4-11,13,26,30H,12,14H2,1-3H3,(H,28,31). The zero-order chi connectivity index (χ0) is 25.4. The molecule has 0 saturated carbocycles. The van der Waals surface area contributed by atoms with Crippen LogP contribution in [0.4, 0.5) is 15.8 Å². The van der Waals surface area contributed by atoms with E-state index in [1.54, 1.807) is 23.1 Å². The number of phenols is 1. The Hall–Kier alpha value is -3.86. The smallest absolute Gasteiger partial charge is 0.326 e. The van der Waals surface area contributed by atoms with Crippen molar-refractivity contribution >= 4 is 27.5 Å². The van der Waals surface area contributed by atoms with Gasteiger partial charge in [0.05, 0.1) is 11.9 Å². The maximum Gasteiger partial charge on any atom is 0.326 e. The normalized spacial score (nSPS) is 15.1. The Morgan fingerprint density at radius 3 is 2.43 bits per heavy atom. The molecule has 1 aromatic heterocycles. The van der Waals surface area contributed by atoms with Crippen molar-refractivity contribution in [3.63, 3.8) is 0 Å². The molecule has 1 aliphatic heterocycles. The number of anilines is 2. The number of amides is 1. The summed E-state index contributed by atoms with van der Waals surface area (Å²) in [5.74, 6) is -1.31. The fourth-order valence-corrected chi connectivity index (χ4v) is 4.70. The van der Waals surface area contributed by atoms with E-state index in [0.29, 0.717) is 27.2 Å². The first-order valence-electron chi connectivity index (χ1n) is 10.8. The van der Waals surface area contributed by atoms with Crippen LogP contribution in [0.5, 0.6) is 17.4 Å². The Bertz CT molecular complexity index is 1330. The monoisotopic (exact) mass is 500 g/mol. The van der Waals surface area contributed by atoms with E-state index in [1.165, 1.54) is 11.6 Å². The summed E-state index contributed by atoms with van der Waals surface area (Å²) in [6.07, 6.45) is 1.55. The zero-order valence-electron chi connectivity index (χ0n) is 19.4. The predicted molar refractivity (Wildman–Crippen MR) is 129 cm³/mol. The minimum absolute atomic E-state index is 0.0479. The fraction of sp³-hybridized carbons (Fsp3) is 0.250. The van der Waals surface area contributed by atoms with Crippen LogP contribution in [0.25, 0.3) is 0 Å². The molecule has 1 fully saturated rings. The Labute approximate surface area is 202 Å². The van der Waals surface area contributed by atoms with Gasteiger partial charge in [-0.3, -0.25) is 4.79 Å². The second kappa shape index (κ2) is 9.06. The largest absolute Gasteiger partial charge is 0.506 e. The van der Waals surface area contributed by atoms with Crippen LogP contribution in [-0.4, -0.2) is 31.0 Å². The number of phenolic OH excluding ortho intramolecular Hbond substituents is 1. The fourth-order valence-electron chi connectivity index (χ4n) is 3.53. The molecule has 11 heteroatoms. The molecule has 0 aliphatic carbocycles. The molecular formula is C24H25FN4O5S. The van der Waals surface area contributed by atoms with Crippen molar-refractivity contribution in [1.82, 2.24) is 9.71 Å². The molecule has 0 atom stereocenters. The molecule has 1 saturated heterocycles. The van der Waals surface area contributed by atoms with Crippen molar-refractivity contribution < 1.29 is 27.4 Å². The summed E-state index contributed by atoms with van der Waals surface area (Å²) in [6, 6.07) is 13.5. The third-order valence-electron chi connectivity index (χ3n) is 5.35. The van der Waals surface area contributed by atoms with Crippen LogP contribution in [-0.2, 0) is 27.0 Å². The van der Waals surface area contributed by atoms with Crippen LogP contribution in [0.3, 0.4) is 0 Å². The van der Waals surface area contributed by atoms with Gasteiger partial charge in [-0.05, 0) is 46.9 Å². The maximum absolute atomic E-state index is 14.6. The van der Waals surface area contributed by atoms with Crippen LogP contribution in [0.1, 0.15) is 31.9 Å². The molecule has 0 radical (unpaired) electrons. The highest BCUT2D eigenvalue weighted by molar-refractivity contribution is 7.92. The number of benzene rings is 2. The first-order chi connectivity index (χ1) is 16.4. The lowest BCUT2D eigenvalue weighted by atomic mass is 9.87. The second-order valence-electron chi connectivity index (χ2n) is 9.10. The van der Waals surface area contributed by atoms with Crippen molar-refractivity contribution in [2.45, 2.75) is 32.7 Å². The molecule has 2 heterocycles. The summed E-state index contributed by atoms with van der Waals surface area (Å²) in [5, 5.41) is 13.3. The SMILES string of the molecule is CC(C)(C)c1ccc(Oc2ccc(NCc3cc(O)c(N4CC(=O)NS4(=O)=O)c(F)c3)cn2)cc1. The van der Waals surface area contributed by atoms with Gasteiger partial charge in [-0.2, -0.15) is 8.42 Å². The van der Waals surface area contributed by atoms with E-state index in [4.69, 9.17) is 4.74 Å². The minimum Gasteiger partial charge on any atom is -0.506 e. The lowest BCUT2D eigenvalue weighted by molar-refractivity contribution is -0.117. The van der Waals surface area contributed by atoms with Gasteiger partial charge in [0.25, 0.3) is 5.91 Å². The van der Waals surface area contributed by atoms with E-state index in [0.717, 1.165) is 6.07 Å². The van der Waals surface area contributed by atoms with Gasteiger partial charge in [-0.25, -0.2) is 18.4 Å². The van der Waals surface area contributed by atoms with Gasteiger partial charge in [0, 0.05) is 12.6 Å². The highest BCUT2D eigenvalue weighted by Crippen LogP contribution is 2.35. The lowest BCUT2D eigenvalue weighted by Crippen LogP contribution is -2.30. The van der Waals surface area contributed by atoms with E-state index in [2.05, 4.69) is 31.1 Å². The summed E-state index contributed by atoms with van der Waals surface area (Å²) in [6.45, 7) is 5.93. The summed E-state index contributed by atoms with van der Waals surface area (Å²) in [5.41, 5.74) is 1.65. The molecule has 9 nitrogen and oxygen atoms in total. The number of aromatic nitrogens is 1. The molecule has 4 rings (SSSR count). The van der Waals surface area contributed by atoms with Crippen molar-refractivity contribution in [3.05, 3.63) is 71.7 Å². The maximum atomic E-state index is 14.6. The van der Waals surface area contributed by atoms with Crippen molar-refractivity contribution in [2.24, 2.45) is 0 Å². The molecular weight excluding hydrogens is 475 g/mol. The predicted octanol–water partition coefficient (Wildman–Crippen LogP) is 3.81. The molecule has 184 valence electrons. The van der Waals surface area contributed by atoms with Crippen molar-refractivity contribution in [1.29, 1.82) is 0 Å². The second-order valence-corrected chi connectivity index (χ2v) is 10.7. The minimum atomic E-state index is -4.24. The van der Waals surface area contributed by atoms with Crippen LogP contribution in [0.2, 0.25) is 0 Å². The van der Waals surface area contributed by atoms with Crippen LogP contribution in [0.15, 0.2) is 54.7 Å². The average Bonchev–Trinajstić information content (AvgIpc) is 3.04. The van der Waals surface area contributed by atoms with Gasteiger partial charge in [0.2, 0.25) is 5.88 Å². The highest BCUT2D eigenvalue weighted by atomic mass is 32.2. The number of carbonyl (C=O) groups is 1. The van der Waals surface area contributed by atoms with Crippen molar-refractivity contribution in [2.75, 3.05) is 16.2 Å². The summed E-state index contributed by atoms with van der Waals surface area (Å²) < 4.78 is 46.6. The number of rotatable bonds is 6. The number of nitrogens with zero attached hydrogens (tertiary/aromatic N) is 2. The quantitative estimate of drug-likeness (QED) is 0.471. The zero-order valence-corrected chi connectivity index (χ0v) is 20.2. The lowest BCUT2D eigenvalue weighted by Gasteiger charge is -2.19. The third-order valence-corrected chi connectivity index (χ3v) is 6.73. The number of hydrogen-bond acceptors (Lipinski definition) is 7. The first-order valence-corrected chi connectivity index (χ1v) is 12.2. The number of hydrogen-bond donors (Lipinski definition) is 3. The van der Waals surface area contributed by atoms with Gasteiger partial charge in [0.15, 0.2) is 5.82 Å². The number of aromatic hydroxyl groups is 1. The van der Waals surface area contributed by atoms with E-state index < -0.39 is 39.9 Å². The Morgan fingerprint density at radius 2 is 1.89 bits per heavy atom. The van der Waals surface area contributed by atoms with Crippen LogP contribution >= 0.6 is 0 Å². The van der Waals surface area contributed by atoms with Gasteiger partial charge in [-0.1, -0.05) is 32.9 Å². The van der Waals surface area contributed by atoms with Gasteiger partial charge >= 0.3 is 10.2 Å². The van der Waals surface area contributed by atoms with Gasteiger partial charge in [-0.15, -0.1) is 0 Å². The Kier molecular flexibility index (Phi) is 6.28. The molecule has 0 bridgehead atoms.